The maximum Gasteiger partial charge on any atom is 0.00384 e. The fourth-order valence-electron chi connectivity index (χ4n) is 4.84. The van der Waals surface area contributed by atoms with E-state index in [4.69, 9.17) is 0 Å². The van der Waals surface area contributed by atoms with Gasteiger partial charge in [0.25, 0.3) is 0 Å². The first kappa shape index (κ1) is 27.7. The molecule has 0 aromatic heterocycles. The van der Waals surface area contributed by atoms with Crippen molar-refractivity contribution >= 4 is 26.1 Å². The van der Waals surface area contributed by atoms with E-state index in [0.717, 1.165) is 0 Å². The molecule has 0 fully saturated rings. The van der Waals surface area contributed by atoms with Gasteiger partial charge in [-0.05, 0) is 11.1 Å². The maximum atomic E-state index is 2.38. The molecule has 0 spiro atoms. The molecule has 0 amide bonds. The molecule has 5 aromatic carbocycles. The van der Waals surface area contributed by atoms with E-state index in [2.05, 4.69) is 128 Å². The van der Waals surface area contributed by atoms with Gasteiger partial charge in [-0.15, -0.1) is 17.7 Å². The van der Waals surface area contributed by atoms with Crippen LogP contribution >= 0.6 is 0 Å². The molecule has 0 atom stereocenters. The smallest absolute Gasteiger partial charge is 0.00384 e. The first-order chi connectivity index (χ1) is 18.2. The minimum Gasteiger partial charge on any atom is -0.152 e. The van der Waals surface area contributed by atoms with Crippen molar-refractivity contribution in [1.29, 1.82) is 0 Å². The Morgan fingerprint density at radius 2 is 1.03 bits per heavy atom. The van der Waals surface area contributed by atoms with Gasteiger partial charge in [0.15, 0.2) is 0 Å². The molecule has 0 saturated heterocycles. The molecule has 184 valence electrons. The van der Waals surface area contributed by atoms with E-state index >= 15 is 0 Å². The molecular weight excluding hydrogens is 552 g/mol. The van der Waals surface area contributed by atoms with E-state index in [1.54, 1.807) is 4.81 Å². The zero-order valence-electron chi connectivity index (χ0n) is 21.9. The Kier molecular flexibility index (Phi) is 9.82. The number of hydrogen-bond acceptors (Lipinski definition) is 0. The third kappa shape index (κ3) is 6.38. The van der Waals surface area contributed by atoms with Crippen molar-refractivity contribution in [3.8, 4) is 11.1 Å². The molecule has 0 saturated carbocycles. The van der Waals surface area contributed by atoms with Gasteiger partial charge in [-0.1, -0.05) is 173 Å². The normalized spacial score (nSPS) is 11.5. The molecule has 0 unspecified atom stereocenters. The molecule has 6 rings (SSSR count). The van der Waals surface area contributed by atoms with Crippen LogP contribution in [0.3, 0.4) is 0 Å². The predicted octanol–water partition coefficient (Wildman–Crippen LogP) is 8.63. The Balaban J connectivity index is 0.000000179. The van der Waals surface area contributed by atoms with Crippen molar-refractivity contribution in [3.63, 3.8) is 0 Å². The van der Waals surface area contributed by atoms with Crippen LogP contribution in [0.1, 0.15) is 22.3 Å². The Hall–Kier alpha value is -3.32. The fourth-order valence-corrected chi connectivity index (χ4v) is 6.02. The van der Waals surface area contributed by atoms with Gasteiger partial charge in [0.1, 0.15) is 0 Å². The second-order valence-corrected chi connectivity index (χ2v) is 11.9. The van der Waals surface area contributed by atoms with Crippen LogP contribution in [-0.2, 0) is 26.2 Å². The molecule has 1 aliphatic carbocycles. The van der Waals surface area contributed by atoms with Crippen LogP contribution < -0.4 is 5.22 Å². The monoisotopic (exact) mass is 581 g/mol. The van der Waals surface area contributed by atoms with Gasteiger partial charge >= 0.3 is 0 Å². The first-order valence-electron chi connectivity index (χ1n) is 12.8. The summed E-state index contributed by atoms with van der Waals surface area (Å²) in [6.07, 6.45) is 8.31. The Morgan fingerprint density at radius 1 is 0.526 bits per heavy atom. The Labute approximate surface area is 247 Å². The predicted molar refractivity (Wildman–Crippen MR) is 162 cm³/mol. The summed E-state index contributed by atoms with van der Waals surface area (Å²) in [5.74, 6) is 0. The molecule has 2 heteroatoms. The van der Waals surface area contributed by atoms with Gasteiger partial charge < -0.3 is 0 Å². The largest absolute Gasteiger partial charge is 0.152 e. The molecule has 0 aliphatic heterocycles. The van der Waals surface area contributed by atoms with Crippen molar-refractivity contribution in [2.45, 2.75) is 13.1 Å². The van der Waals surface area contributed by atoms with Crippen LogP contribution in [-0.4, -0.2) is 8.41 Å². The zero-order chi connectivity index (χ0) is 25.5. The first-order valence-corrected chi connectivity index (χ1v) is 15.3. The van der Waals surface area contributed by atoms with Crippen LogP contribution in [0, 0.1) is 4.81 Å². The van der Waals surface area contributed by atoms with Gasteiger partial charge in [-0.2, -0.15) is 12.1 Å². The summed E-state index contributed by atoms with van der Waals surface area (Å²) in [6.45, 7) is 4.76. The van der Waals surface area contributed by atoms with Crippen LogP contribution in [0.15, 0.2) is 140 Å². The molecule has 0 N–H and O–H groups in total. The van der Waals surface area contributed by atoms with Gasteiger partial charge in [0, 0.05) is 34.6 Å². The third-order valence-corrected chi connectivity index (χ3v) is 8.07. The van der Waals surface area contributed by atoms with Crippen molar-refractivity contribution in [1.82, 2.24) is 0 Å². The van der Waals surface area contributed by atoms with E-state index in [-0.39, 0.29) is 26.2 Å². The summed E-state index contributed by atoms with van der Waals surface area (Å²) in [7, 11) is -0.497. The van der Waals surface area contributed by atoms with Gasteiger partial charge in [-0.3, -0.25) is 0 Å². The Bertz CT molecular complexity index is 1610. The number of hydrogen-bond donors (Lipinski definition) is 0. The third-order valence-electron chi connectivity index (χ3n) is 6.58. The average molecular weight is 583 g/mol. The van der Waals surface area contributed by atoms with E-state index in [9.17, 15) is 0 Å². The molecule has 0 radical (unpaired) electrons. The topological polar surface area (TPSA) is 0 Å². The number of allylic oxidation sites excluding steroid dienone is 2. The van der Waals surface area contributed by atoms with Crippen LogP contribution in [0.4, 0.5) is 0 Å². The van der Waals surface area contributed by atoms with Crippen molar-refractivity contribution in [2.75, 3.05) is 0 Å². The second kappa shape index (κ2) is 13.5. The van der Waals surface area contributed by atoms with E-state index in [1.807, 2.05) is 36.4 Å². The van der Waals surface area contributed by atoms with E-state index in [0.29, 0.717) is 0 Å². The van der Waals surface area contributed by atoms with Crippen molar-refractivity contribution in [2.24, 2.45) is 0 Å². The second-order valence-electron chi connectivity index (χ2n) is 9.36. The summed E-state index contributed by atoms with van der Waals surface area (Å²) >= 11 is 0. The summed E-state index contributed by atoms with van der Waals surface area (Å²) < 4.78 is 0. The zero-order valence-corrected chi connectivity index (χ0v) is 25.4. The standard InChI is InChI=1S/C20H17Si.C16H14.Zr/c1-21(2)18-13-7-12-17-15-10-5-6-11-16(15)19(20(17)18)14-8-3-4-9-14;1-3-9-15(10-4-1)13-7-8-14-16-11-5-2-6-12-16;/h3-13H,1-2H3;1-14H;/q-1;;/b;13-7+,14-8+;. The van der Waals surface area contributed by atoms with Gasteiger partial charge in [-0.25, -0.2) is 0 Å². The minimum atomic E-state index is -0.497. The molecule has 38 heavy (non-hydrogen) atoms. The molecular formula is C36H31SiZr-. The summed E-state index contributed by atoms with van der Waals surface area (Å²) in [5.41, 5.74) is 9.39. The van der Waals surface area contributed by atoms with E-state index < -0.39 is 8.41 Å². The summed E-state index contributed by atoms with van der Waals surface area (Å²) in [4.78, 5) is 1.55. The number of benzene rings is 4. The van der Waals surface area contributed by atoms with Crippen LogP contribution in [0.5, 0.6) is 0 Å². The van der Waals surface area contributed by atoms with Crippen molar-refractivity contribution in [3.05, 3.63) is 172 Å². The maximum absolute atomic E-state index is 2.38. The molecule has 5 aromatic rings. The van der Waals surface area contributed by atoms with Crippen molar-refractivity contribution < 1.29 is 26.2 Å². The van der Waals surface area contributed by atoms with Gasteiger partial charge in [0.05, 0.1) is 0 Å². The van der Waals surface area contributed by atoms with Crippen LogP contribution in [0.2, 0.25) is 13.1 Å². The molecule has 0 nitrogen and oxygen atoms in total. The number of rotatable bonds is 4. The van der Waals surface area contributed by atoms with Gasteiger partial charge in [0.2, 0.25) is 0 Å². The minimum absolute atomic E-state index is 0. The molecule has 0 bridgehead atoms. The Morgan fingerprint density at radius 3 is 1.58 bits per heavy atom. The number of fused-ring (bicyclic) bond motifs is 3. The SMILES string of the molecule is C(/C=C/c1ccccc1)=C\c1ccccc1.C[Si](C)=c1cccc2c1=C([c-]1cccc1)c1ccccc1-2.[Zr]. The molecule has 1 aliphatic rings. The average Bonchev–Trinajstić information content (AvgIpc) is 3.59. The summed E-state index contributed by atoms with van der Waals surface area (Å²) in [5, 5.41) is 1.48. The molecule has 0 heterocycles. The fraction of sp³-hybridized carbons (Fsp3) is 0.0556. The van der Waals surface area contributed by atoms with E-state index in [1.165, 1.54) is 44.2 Å². The van der Waals surface area contributed by atoms with Crippen LogP contribution in [0.25, 0.3) is 28.9 Å². The quantitative estimate of drug-likeness (QED) is 0.111. The summed E-state index contributed by atoms with van der Waals surface area (Å²) in [6, 6.07) is 44.9.